The standard InChI is InChI=1S/C23H23ClF3N7O2.C2HF3O2/c1-3-6-34-11-16(19(32-34)23(25,26)27)18-10-29-20(33(18)2)22(36)30-13-4-5-15(17(24)9-13)21(35)31-14-7-12(28)8-14;3-2(4,5)1(6)7/h3-5,9-12,14H,1,6-8,28H2,2H3,(H,30,36)(H,31,35);(H,6,7). The Bertz CT molecular complexity index is 1530. The molecule has 0 saturated heterocycles. The van der Waals surface area contributed by atoms with Crippen LogP contribution in [0, 0.1) is 0 Å². The molecule has 0 bridgehead atoms. The van der Waals surface area contributed by atoms with Gasteiger partial charge in [-0.15, -0.1) is 6.58 Å². The molecule has 0 radical (unpaired) electrons. The van der Waals surface area contributed by atoms with Crippen LogP contribution in [0.2, 0.25) is 5.02 Å². The molecule has 2 aromatic heterocycles. The number of halogens is 7. The third-order valence-electron chi connectivity index (χ3n) is 6.04. The average Bonchev–Trinajstić information content (AvgIpc) is 3.46. The Morgan fingerprint density at radius 2 is 1.81 bits per heavy atom. The maximum Gasteiger partial charge on any atom is 0.490 e. The second-order valence-electron chi connectivity index (χ2n) is 9.28. The number of aromatic nitrogens is 4. The first kappa shape index (κ1) is 33.1. The lowest BCUT2D eigenvalue weighted by atomic mass is 9.87. The minimum absolute atomic E-state index is 0.00213. The summed E-state index contributed by atoms with van der Waals surface area (Å²) in [6.07, 6.45) is -4.58. The zero-order valence-corrected chi connectivity index (χ0v) is 22.9. The van der Waals surface area contributed by atoms with Crippen LogP contribution in [0.5, 0.6) is 0 Å². The summed E-state index contributed by atoms with van der Waals surface area (Å²) in [5.74, 6) is -3.91. The molecule has 1 aliphatic rings. The number of imidazole rings is 1. The number of hydrogen-bond acceptors (Lipinski definition) is 6. The predicted octanol–water partition coefficient (Wildman–Crippen LogP) is 4.25. The number of carbonyl (C=O) groups is 3. The molecule has 43 heavy (non-hydrogen) atoms. The van der Waals surface area contributed by atoms with Crippen molar-refractivity contribution < 1.29 is 45.8 Å². The monoisotopic (exact) mass is 635 g/mol. The van der Waals surface area contributed by atoms with Gasteiger partial charge in [-0.3, -0.25) is 14.3 Å². The first-order valence-electron chi connectivity index (χ1n) is 12.2. The molecule has 11 nitrogen and oxygen atoms in total. The van der Waals surface area contributed by atoms with Crippen molar-refractivity contribution in [2.24, 2.45) is 12.8 Å². The Kier molecular flexibility index (Phi) is 9.91. The lowest BCUT2D eigenvalue weighted by molar-refractivity contribution is -0.192. The van der Waals surface area contributed by atoms with Crippen LogP contribution in [0.25, 0.3) is 11.3 Å². The van der Waals surface area contributed by atoms with Crippen LogP contribution in [-0.2, 0) is 24.6 Å². The summed E-state index contributed by atoms with van der Waals surface area (Å²) in [4.78, 5) is 38.2. The highest BCUT2D eigenvalue weighted by atomic mass is 35.5. The molecule has 0 aliphatic heterocycles. The first-order chi connectivity index (χ1) is 19.9. The number of alkyl halides is 6. The second-order valence-corrected chi connectivity index (χ2v) is 9.69. The Morgan fingerprint density at radius 3 is 2.33 bits per heavy atom. The molecule has 0 atom stereocenters. The number of anilines is 1. The number of carbonyl (C=O) groups excluding carboxylic acids is 2. The number of nitrogens with one attached hydrogen (secondary N) is 2. The largest absolute Gasteiger partial charge is 0.490 e. The second kappa shape index (κ2) is 12.9. The van der Waals surface area contributed by atoms with Crippen molar-refractivity contribution in [3.05, 3.63) is 65.4 Å². The van der Waals surface area contributed by atoms with Crippen LogP contribution in [0.4, 0.5) is 32.0 Å². The van der Waals surface area contributed by atoms with Crippen molar-refractivity contribution in [3.8, 4) is 11.3 Å². The van der Waals surface area contributed by atoms with E-state index in [0.717, 1.165) is 4.68 Å². The van der Waals surface area contributed by atoms with Gasteiger partial charge in [0, 0.05) is 31.0 Å². The molecular weight excluding hydrogens is 612 g/mol. The summed E-state index contributed by atoms with van der Waals surface area (Å²) in [7, 11) is 1.43. The topological polar surface area (TPSA) is 157 Å². The van der Waals surface area contributed by atoms with Crippen LogP contribution < -0.4 is 16.4 Å². The summed E-state index contributed by atoms with van der Waals surface area (Å²) in [5, 5.41) is 16.3. The van der Waals surface area contributed by atoms with Gasteiger partial charge in [0.05, 0.1) is 34.6 Å². The third-order valence-corrected chi connectivity index (χ3v) is 6.35. The number of benzene rings is 1. The normalized spacial score (nSPS) is 16.4. The molecule has 1 saturated carbocycles. The fraction of sp³-hybridized carbons (Fsp3) is 0.320. The number of nitrogens with two attached hydrogens (primary N) is 1. The van der Waals surface area contributed by atoms with Crippen LogP contribution in [0.3, 0.4) is 0 Å². The molecule has 0 unspecified atom stereocenters. The van der Waals surface area contributed by atoms with Gasteiger partial charge < -0.3 is 26.0 Å². The maximum atomic E-state index is 13.6. The summed E-state index contributed by atoms with van der Waals surface area (Å²) >= 11 is 6.25. The van der Waals surface area contributed by atoms with Crippen molar-refractivity contribution in [1.29, 1.82) is 0 Å². The van der Waals surface area contributed by atoms with E-state index in [4.69, 9.17) is 27.2 Å². The van der Waals surface area contributed by atoms with E-state index in [-0.39, 0.29) is 57.9 Å². The number of hydrogen-bond donors (Lipinski definition) is 4. The average molecular weight is 636 g/mol. The van der Waals surface area contributed by atoms with E-state index in [1.807, 2.05) is 0 Å². The highest BCUT2D eigenvalue weighted by molar-refractivity contribution is 6.34. The quantitative estimate of drug-likeness (QED) is 0.223. The van der Waals surface area contributed by atoms with Gasteiger partial charge in [-0.2, -0.15) is 31.4 Å². The minimum atomic E-state index is -5.08. The third kappa shape index (κ3) is 8.13. The van der Waals surface area contributed by atoms with Gasteiger partial charge in [-0.1, -0.05) is 17.7 Å². The Hall–Kier alpha value is -4.38. The van der Waals surface area contributed by atoms with Gasteiger partial charge in [0.25, 0.3) is 11.8 Å². The predicted molar refractivity (Wildman–Crippen MR) is 141 cm³/mol. The number of rotatable bonds is 7. The number of carboxylic acid groups (broad SMARTS) is 1. The summed E-state index contributed by atoms with van der Waals surface area (Å²) < 4.78 is 74.7. The number of amides is 2. The fourth-order valence-electron chi connectivity index (χ4n) is 3.92. The van der Waals surface area contributed by atoms with Gasteiger partial charge >= 0.3 is 18.3 Å². The van der Waals surface area contributed by atoms with Crippen LogP contribution in [-0.4, -0.2) is 60.5 Å². The van der Waals surface area contributed by atoms with E-state index in [2.05, 4.69) is 27.3 Å². The number of nitrogens with zero attached hydrogens (tertiary/aromatic N) is 4. The van der Waals surface area contributed by atoms with Gasteiger partial charge in [0.2, 0.25) is 0 Å². The highest BCUT2D eigenvalue weighted by Crippen LogP contribution is 2.36. The molecule has 2 heterocycles. The molecule has 5 N–H and O–H groups in total. The van der Waals surface area contributed by atoms with E-state index in [0.29, 0.717) is 12.8 Å². The van der Waals surface area contributed by atoms with Crippen molar-refractivity contribution in [3.63, 3.8) is 0 Å². The van der Waals surface area contributed by atoms with Crippen LogP contribution in [0.1, 0.15) is 39.5 Å². The molecule has 4 rings (SSSR count). The molecule has 2 amide bonds. The molecule has 1 fully saturated rings. The summed E-state index contributed by atoms with van der Waals surface area (Å²) in [6.45, 7) is 3.59. The van der Waals surface area contributed by atoms with Crippen molar-refractivity contribution in [2.75, 3.05) is 5.32 Å². The van der Waals surface area contributed by atoms with Crippen molar-refractivity contribution in [1.82, 2.24) is 24.6 Å². The lowest BCUT2D eigenvalue weighted by Gasteiger charge is -2.33. The molecule has 3 aromatic rings. The molecule has 1 aliphatic carbocycles. The minimum Gasteiger partial charge on any atom is -0.475 e. The summed E-state index contributed by atoms with van der Waals surface area (Å²) in [5.41, 5.74) is 5.00. The van der Waals surface area contributed by atoms with Crippen LogP contribution in [0.15, 0.2) is 43.2 Å². The zero-order chi connectivity index (χ0) is 32.3. The molecular formula is C25H24ClF6N7O4. The molecule has 232 valence electrons. The van der Waals surface area contributed by atoms with Gasteiger partial charge in [0.15, 0.2) is 11.5 Å². The first-order valence-corrected chi connectivity index (χ1v) is 12.5. The van der Waals surface area contributed by atoms with E-state index < -0.39 is 29.9 Å². The van der Waals surface area contributed by atoms with E-state index in [9.17, 15) is 35.9 Å². The molecule has 18 heteroatoms. The maximum absolute atomic E-state index is 13.6. The Labute approximate surface area is 244 Å². The SMILES string of the molecule is C=CCn1cc(-c2cnc(C(=O)Nc3ccc(C(=O)NC4CC(N)C4)c(Cl)c3)n2C)c(C(F)(F)F)n1.O=C(O)C(F)(F)F. The Morgan fingerprint density at radius 1 is 1.19 bits per heavy atom. The number of aliphatic carboxylic acids is 1. The smallest absolute Gasteiger partial charge is 0.475 e. The molecule has 0 spiro atoms. The van der Waals surface area contributed by atoms with Gasteiger partial charge in [-0.05, 0) is 31.0 Å². The number of allylic oxidation sites excluding steroid dienone is 1. The number of carboxylic acids is 1. The fourth-order valence-corrected chi connectivity index (χ4v) is 4.19. The van der Waals surface area contributed by atoms with Gasteiger partial charge in [0.1, 0.15) is 0 Å². The summed E-state index contributed by atoms with van der Waals surface area (Å²) in [6, 6.07) is 4.46. The lowest BCUT2D eigenvalue weighted by Crippen LogP contribution is -2.50. The van der Waals surface area contributed by atoms with E-state index in [1.165, 1.54) is 48.3 Å². The van der Waals surface area contributed by atoms with E-state index in [1.54, 1.807) is 0 Å². The van der Waals surface area contributed by atoms with Gasteiger partial charge in [-0.25, -0.2) is 9.78 Å². The molecule has 1 aromatic carbocycles. The zero-order valence-electron chi connectivity index (χ0n) is 22.1. The van der Waals surface area contributed by atoms with Crippen molar-refractivity contribution in [2.45, 2.75) is 43.8 Å². The Balaban J connectivity index is 0.000000646. The van der Waals surface area contributed by atoms with Crippen LogP contribution >= 0.6 is 11.6 Å². The van der Waals surface area contributed by atoms with Crippen molar-refractivity contribution >= 4 is 35.1 Å². The van der Waals surface area contributed by atoms with E-state index >= 15 is 0 Å². The highest BCUT2D eigenvalue weighted by Gasteiger charge is 2.39.